The Balaban J connectivity index is 1.53. The van der Waals surface area contributed by atoms with E-state index in [-0.39, 0.29) is 23.7 Å². The summed E-state index contributed by atoms with van der Waals surface area (Å²) in [6.07, 6.45) is 4.39. The van der Waals surface area contributed by atoms with Crippen molar-refractivity contribution in [1.29, 1.82) is 0 Å². The fraction of sp³-hybridized carbons (Fsp3) is 0.238. The molecule has 0 aliphatic carbocycles. The minimum atomic E-state index is -0.354. The number of carbonyl (C=O) groups is 1. The standard InChI is InChI=1S/C21H19FN4O2/c22-16-5-1-3-14(11-16)12-19(27)26-9-6-17-18(7-10-26)24-20(25-21(17)28)15-4-2-8-23-13-15/h1-5,8,11,13H,6-7,9-10,12H2,(H,24,25,28). The number of nitrogens with one attached hydrogen (secondary N) is 1. The number of halogens is 1. The van der Waals surface area contributed by atoms with E-state index < -0.39 is 0 Å². The molecule has 1 aliphatic heterocycles. The van der Waals surface area contributed by atoms with Gasteiger partial charge < -0.3 is 9.88 Å². The van der Waals surface area contributed by atoms with Crippen molar-refractivity contribution in [2.75, 3.05) is 13.1 Å². The maximum atomic E-state index is 13.4. The van der Waals surface area contributed by atoms with Gasteiger partial charge in [0.25, 0.3) is 5.56 Å². The Bertz CT molecular complexity index is 1070. The van der Waals surface area contributed by atoms with Crippen molar-refractivity contribution in [3.63, 3.8) is 0 Å². The van der Waals surface area contributed by atoms with E-state index >= 15 is 0 Å². The molecule has 0 bridgehead atoms. The molecule has 1 aliphatic rings. The third-order valence-corrected chi connectivity index (χ3v) is 4.88. The highest BCUT2D eigenvalue weighted by Crippen LogP contribution is 2.17. The van der Waals surface area contributed by atoms with Gasteiger partial charge in [0.15, 0.2) is 0 Å². The summed E-state index contributed by atoms with van der Waals surface area (Å²) in [5, 5.41) is 0. The van der Waals surface area contributed by atoms with E-state index in [9.17, 15) is 14.0 Å². The van der Waals surface area contributed by atoms with Gasteiger partial charge in [-0.1, -0.05) is 12.1 Å². The van der Waals surface area contributed by atoms with Crippen LogP contribution in [0.1, 0.15) is 16.8 Å². The van der Waals surface area contributed by atoms with E-state index in [4.69, 9.17) is 0 Å². The van der Waals surface area contributed by atoms with Gasteiger partial charge in [-0.25, -0.2) is 9.37 Å². The molecule has 1 aromatic carbocycles. The maximum absolute atomic E-state index is 13.4. The van der Waals surface area contributed by atoms with E-state index in [1.165, 1.54) is 12.1 Å². The number of aromatic amines is 1. The number of hydrogen-bond donors (Lipinski definition) is 1. The summed E-state index contributed by atoms with van der Waals surface area (Å²) in [5.41, 5.74) is 2.54. The lowest BCUT2D eigenvalue weighted by molar-refractivity contribution is -0.130. The zero-order valence-electron chi connectivity index (χ0n) is 15.2. The van der Waals surface area contributed by atoms with Gasteiger partial charge in [0, 0.05) is 43.0 Å². The zero-order valence-corrected chi connectivity index (χ0v) is 15.2. The lowest BCUT2D eigenvalue weighted by Gasteiger charge is -2.20. The molecule has 0 fully saturated rings. The Hall–Kier alpha value is -3.35. The van der Waals surface area contributed by atoms with E-state index in [2.05, 4.69) is 15.0 Å². The van der Waals surface area contributed by atoms with Crippen LogP contribution in [0.2, 0.25) is 0 Å². The smallest absolute Gasteiger partial charge is 0.254 e. The third kappa shape index (κ3) is 3.83. The van der Waals surface area contributed by atoms with Crippen LogP contribution in [0, 0.1) is 5.82 Å². The third-order valence-electron chi connectivity index (χ3n) is 4.88. The van der Waals surface area contributed by atoms with Gasteiger partial charge in [0.2, 0.25) is 5.91 Å². The molecule has 142 valence electrons. The first kappa shape index (κ1) is 18.0. The summed E-state index contributed by atoms with van der Waals surface area (Å²) in [5.74, 6) is 0.0472. The number of nitrogens with zero attached hydrogens (tertiary/aromatic N) is 3. The number of carbonyl (C=O) groups excluding carboxylic acids is 1. The van der Waals surface area contributed by atoms with Gasteiger partial charge in [-0.2, -0.15) is 0 Å². The van der Waals surface area contributed by atoms with Crippen molar-refractivity contribution in [3.05, 3.63) is 81.8 Å². The van der Waals surface area contributed by atoms with Crippen LogP contribution >= 0.6 is 0 Å². The topological polar surface area (TPSA) is 79.0 Å². The fourth-order valence-electron chi connectivity index (χ4n) is 3.43. The highest BCUT2D eigenvalue weighted by Gasteiger charge is 2.22. The summed E-state index contributed by atoms with van der Waals surface area (Å²) >= 11 is 0. The van der Waals surface area contributed by atoms with Crippen LogP contribution in [-0.4, -0.2) is 38.8 Å². The molecule has 0 radical (unpaired) electrons. The van der Waals surface area contributed by atoms with Crippen LogP contribution in [0.25, 0.3) is 11.4 Å². The molecule has 0 atom stereocenters. The van der Waals surface area contributed by atoms with E-state index in [1.54, 1.807) is 35.5 Å². The second-order valence-electron chi connectivity index (χ2n) is 6.77. The molecule has 28 heavy (non-hydrogen) atoms. The van der Waals surface area contributed by atoms with E-state index in [0.717, 1.165) is 5.56 Å². The average molecular weight is 378 g/mol. The monoisotopic (exact) mass is 378 g/mol. The summed E-state index contributed by atoms with van der Waals surface area (Å²) < 4.78 is 13.4. The number of aromatic nitrogens is 3. The first-order valence-electron chi connectivity index (χ1n) is 9.15. The lowest BCUT2D eigenvalue weighted by atomic mass is 10.1. The molecule has 3 aromatic rings. The summed E-state index contributed by atoms with van der Waals surface area (Å²) in [6, 6.07) is 9.68. The van der Waals surface area contributed by atoms with Crippen molar-refractivity contribution in [2.45, 2.75) is 19.3 Å². The van der Waals surface area contributed by atoms with Crippen LogP contribution in [0.3, 0.4) is 0 Å². The number of amides is 1. The second kappa shape index (κ2) is 7.72. The zero-order chi connectivity index (χ0) is 19.5. The van der Waals surface area contributed by atoms with Crippen molar-refractivity contribution < 1.29 is 9.18 Å². The highest BCUT2D eigenvalue weighted by atomic mass is 19.1. The minimum Gasteiger partial charge on any atom is -0.342 e. The van der Waals surface area contributed by atoms with Gasteiger partial charge >= 0.3 is 0 Å². The quantitative estimate of drug-likeness (QED) is 0.757. The number of hydrogen-bond acceptors (Lipinski definition) is 4. The first-order chi connectivity index (χ1) is 13.6. The number of fused-ring (bicyclic) bond motifs is 1. The van der Waals surface area contributed by atoms with Gasteiger partial charge in [-0.15, -0.1) is 0 Å². The maximum Gasteiger partial charge on any atom is 0.254 e. The SMILES string of the molecule is O=C(Cc1cccc(F)c1)N1CCc2nc(-c3cccnc3)[nH]c(=O)c2CC1. The van der Waals surface area contributed by atoms with Crippen LogP contribution in [0.4, 0.5) is 4.39 Å². The number of benzene rings is 1. The molecular weight excluding hydrogens is 359 g/mol. The molecule has 0 spiro atoms. The van der Waals surface area contributed by atoms with Crippen LogP contribution in [0.15, 0.2) is 53.6 Å². The minimum absolute atomic E-state index is 0.0812. The Morgan fingerprint density at radius 2 is 2.04 bits per heavy atom. The van der Waals surface area contributed by atoms with Gasteiger partial charge in [-0.05, 0) is 36.2 Å². The lowest BCUT2D eigenvalue weighted by Crippen LogP contribution is -2.34. The van der Waals surface area contributed by atoms with Crippen molar-refractivity contribution >= 4 is 5.91 Å². The number of rotatable bonds is 3. The molecule has 4 rings (SSSR count). The molecule has 7 heteroatoms. The number of pyridine rings is 1. The fourth-order valence-corrected chi connectivity index (χ4v) is 3.43. The van der Waals surface area contributed by atoms with Crippen LogP contribution < -0.4 is 5.56 Å². The van der Waals surface area contributed by atoms with Gasteiger partial charge in [0.1, 0.15) is 11.6 Å². The molecular formula is C21H19FN4O2. The van der Waals surface area contributed by atoms with Gasteiger partial charge in [0.05, 0.1) is 12.1 Å². The van der Waals surface area contributed by atoms with Crippen molar-refractivity contribution in [3.8, 4) is 11.4 Å². The molecule has 1 N–H and O–H groups in total. The molecule has 3 heterocycles. The predicted molar refractivity (Wildman–Crippen MR) is 102 cm³/mol. The Kier molecular flexibility index (Phi) is 4.97. The summed E-state index contributed by atoms with van der Waals surface area (Å²) in [7, 11) is 0. The predicted octanol–water partition coefficient (Wildman–Crippen LogP) is 2.14. The number of H-pyrrole nitrogens is 1. The van der Waals surface area contributed by atoms with Crippen molar-refractivity contribution in [2.24, 2.45) is 0 Å². The van der Waals surface area contributed by atoms with Crippen LogP contribution in [-0.2, 0) is 24.1 Å². The molecule has 0 saturated heterocycles. The van der Waals surface area contributed by atoms with E-state index in [0.29, 0.717) is 48.6 Å². The Morgan fingerprint density at radius 3 is 2.82 bits per heavy atom. The molecule has 1 amide bonds. The van der Waals surface area contributed by atoms with Crippen LogP contribution in [0.5, 0.6) is 0 Å². The molecule has 0 unspecified atom stereocenters. The average Bonchev–Trinajstić information content (AvgIpc) is 2.92. The highest BCUT2D eigenvalue weighted by molar-refractivity contribution is 5.79. The second-order valence-corrected chi connectivity index (χ2v) is 6.77. The summed E-state index contributed by atoms with van der Waals surface area (Å²) in [6.45, 7) is 0.919. The summed E-state index contributed by atoms with van der Waals surface area (Å²) in [4.78, 5) is 38.4. The first-order valence-corrected chi connectivity index (χ1v) is 9.15. The van der Waals surface area contributed by atoms with Gasteiger partial charge in [-0.3, -0.25) is 14.6 Å². The normalized spacial score (nSPS) is 13.7. The largest absolute Gasteiger partial charge is 0.342 e. The Labute approximate surface area is 161 Å². The molecule has 0 saturated carbocycles. The van der Waals surface area contributed by atoms with E-state index in [1.807, 2.05) is 6.07 Å². The molecule has 6 nitrogen and oxygen atoms in total. The van der Waals surface area contributed by atoms with Crippen molar-refractivity contribution in [1.82, 2.24) is 19.9 Å². The Morgan fingerprint density at radius 1 is 1.18 bits per heavy atom. The molecule has 2 aromatic heterocycles.